The molecule has 1 N–H and O–H groups in total. The summed E-state index contributed by atoms with van der Waals surface area (Å²) >= 11 is 0. The van der Waals surface area contributed by atoms with Gasteiger partial charge in [0, 0.05) is 5.56 Å². The number of carbonyl (C=O) groups excluding carboxylic acids is 1. The van der Waals surface area contributed by atoms with Crippen molar-refractivity contribution >= 4 is 11.7 Å². The van der Waals surface area contributed by atoms with Crippen molar-refractivity contribution < 1.29 is 23.3 Å². The quantitative estimate of drug-likeness (QED) is 0.740. The third kappa shape index (κ3) is 3.92. The second-order valence-corrected chi connectivity index (χ2v) is 4.96. The minimum absolute atomic E-state index is 0.125. The second kappa shape index (κ2) is 7.43. The average Bonchev–Trinajstić information content (AvgIpc) is 3.09. The van der Waals surface area contributed by atoms with E-state index >= 15 is 0 Å². The molecule has 0 atom stereocenters. The van der Waals surface area contributed by atoms with E-state index in [1.54, 1.807) is 24.3 Å². The van der Waals surface area contributed by atoms with E-state index in [9.17, 15) is 9.18 Å². The number of rotatable bonds is 6. The Morgan fingerprint density at radius 1 is 1.12 bits per heavy atom. The van der Waals surface area contributed by atoms with E-state index in [4.69, 9.17) is 9.47 Å². The number of hydrogen-bond acceptors (Lipinski definition) is 6. The molecule has 3 rings (SSSR count). The second-order valence-electron chi connectivity index (χ2n) is 4.96. The molecule has 3 aromatic rings. The Labute approximate surface area is 142 Å². The fraction of sp³-hybridized carbons (Fsp3) is 0.118. The summed E-state index contributed by atoms with van der Waals surface area (Å²) in [5.41, 5.74) is 0.856. The first-order chi connectivity index (χ1) is 12.2. The Morgan fingerprint density at radius 3 is 2.56 bits per heavy atom. The number of benzene rings is 2. The first-order valence-corrected chi connectivity index (χ1v) is 7.31. The van der Waals surface area contributed by atoms with Crippen LogP contribution in [0, 0.1) is 5.82 Å². The molecule has 1 heterocycles. The molecule has 8 heteroatoms. The molecular weight excluding hydrogens is 329 g/mol. The third-order valence-corrected chi connectivity index (χ3v) is 3.29. The Morgan fingerprint density at radius 2 is 1.84 bits per heavy atom. The number of amides is 1. The summed E-state index contributed by atoms with van der Waals surface area (Å²) in [5.74, 6) is 0.254. The molecule has 0 aliphatic carbocycles. The first-order valence-electron chi connectivity index (χ1n) is 7.31. The van der Waals surface area contributed by atoms with Gasteiger partial charge < -0.3 is 14.8 Å². The van der Waals surface area contributed by atoms with Crippen LogP contribution in [-0.4, -0.2) is 29.9 Å². The van der Waals surface area contributed by atoms with Gasteiger partial charge in [0.2, 0.25) is 5.82 Å². The minimum Gasteiger partial charge on any atom is -0.493 e. The van der Waals surface area contributed by atoms with Crippen molar-refractivity contribution in [2.24, 2.45) is 0 Å². The van der Waals surface area contributed by atoms with Gasteiger partial charge in [-0.25, -0.2) is 9.02 Å². The van der Waals surface area contributed by atoms with Crippen LogP contribution in [0.25, 0.3) is 11.3 Å². The van der Waals surface area contributed by atoms with Crippen LogP contribution in [0.5, 0.6) is 11.5 Å². The molecule has 25 heavy (non-hydrogen) atoms. The SMILES string of the molecule is COc1ccccc1OCC(=O)Nc1nonc1-c1ccc(F)cc1. The number of halogens is 1. The van der Waals surface area contributed by atoms with E-state index in [0.29, 0.717) is 22.8 Å². The smallest absolute Gasteiger partial charge is 0.263 e. The molecular formula is C17H14FN3O4. The minimum atomic E-state index is -0.454. The summed E-state index contributed by atoms with van der Waals surface area (Å²) in [4.78, 5) is 12.1. The van der Waals surface area contributed by atoms with Crippen molar-refractivity contribution in [2.75, 3.05) is 19.0 Å². The molecule has 0 saturated carbocycles. The van der Waals surface area contributed by atoms with E-state index in [0.717, 1.165) is 0 Å². The van der Waals surface area contributed by atoms with E-state index in [-0.39, 0.29) is 18.2 Å². The Bertz CT molecular complexity index is 864. The molecule has 0 saturated heterocycles. The highest BCUT2D eigenvalue weighted by atomic mass is 19.1. The highest BCUT2D eigenvalue weighted by Gasteiger charge is 2.16. The number of nitrogens with zero attached hydrogens (tertiary/aromatic N) is 2. The summed E-state index contributed by atoms with van der Waals surface area (Å²) in [6, 6.07) is 12.5. The molecule has 2 aromatic carbocycles. The van der Waals surface area contributed by atoms with Crippen LogP contribution in [0.1, 0.15) is 0 Å². The van der Waals surface area contributed by atoms with Gasteiger partial charge in [-0.2, -0.15) is 0 Å². The van der Waals surface area contributed by atoms with Gasteiger partial charge in [-0.1, -0.05) is 12.1 Å². The number of hydrogen-bond donors (Lipinski definition) is 1. The van der Waals surface area contributed by atoms with Crippen molar-refractivity contribution in [3.63, 3.8) is 0 Å². The van der Waals surface area contributed by atoms with Crippen LogP contribution in [0.3, 0.4) is 0 Å². The van der Waals surface area contributed by atoms with E-state index in [2.05, 4.69) is 20.3 Å². The fourth-order valence-electron chi connectivity index (χ4n) is 2.12. The molecule has 0 aliphatic rings. The molecule has 128 valence electrons. The predicted molar refractivity (Wildman–Crippen MR) is 86.8 cm³/mol. The zero-order valence-electron chi connectivity index (χ0n) is 13.2. The first kappa shape index (κ1) is 16.4. The zero-order chi connectivity index (χ0) is 17.6. The molecule has 1 aromatic heterocycles. The number of methoxy groups -OCH3 is 1. The number of ether oxygens (including phenoxy) is 2. The van der Waals surface area contributed by atoms with Crippen LogP contribution < -0.4 is 14.8 Å². The maximum atomic E-state index is 13.0. The molecule has 7 nitrogen and oxygen atoms in total. The van der Waals surface area contributed by atoms with E-state index < -0.39 is 5.91 Å². The largest absolute Gasteiger partial charge is 0.493 e. The lowest BCUT2D eigenvalue weighted by molar-refractivity contribution is -0.118. The maximum Gasteiger partial charge on any atom is 0.263 e. The van der Waals surface area contributed by atoms with Gasteiger partial charge in [-0.3, -0.25) is 4.79 Å². The molecule has 0 aliphatic heterocycles. The normalized spacial score (nSPS) is 10.3. The van der Waals surface area contributed by atoms with Crippen LogP contribution in [0.2, 0.25) is 0 Å². The topological polar surface area (TPSA) is 86.5 Å². The Balaban J connectivity index is 1.66. The van der Waals surface area contributed by atoms with Gasteiger partial charge >= 0.3 is 0 Å². The van der Waals surface area contributed by atoms with Gasteiger partial charge in [0.05, 0.1) is 7.11 Å². The van der Waals surface area contributed by atoms with E-state index in [1.165, 1.54) is 31.4 Å². The van der Waals surface area contributed by atoms with Gasteiger partial charge in [0.25, 0.3) is 5.91 Å². The maximum absolute atomic E-state index is 13.0. The number of carbonyl (C=O) groups is 1. The standard InChI is InChI=1S/C17H14FN3O4/c1-23-13-4-2-3-5-14(13)24-10-15(22)19-17-16(20-25-21-17)11-6-8-12(18)9-7-11/h2-9H,10H2,1H3,(H,19,21,22). The van der Waals surface area contributed by atoms with Crippen molar-refractivity contribution in [1.82, 2.24) is 10.3 Å². The number of nitrogens with one attached hydrogen (secondary N) is 1. The van der Waals surface area contributed by atoms with E-state index in [1.807, 2.05) is 0 Å². The molecule has 1 amide bonds. The molecule has 0 spiro atoms. The third-order valence-electron chi connectivity index (χ3n) is 3.29. The number of aromatic nitrogens is 2. The predicted octanol–water partition coefficient (Wildman–Crippen LogP) is 2.90. The monoisotopic (exact) mass is 343 g/mol. The van der Waals surface area contributed by atoms with Crippen molar-refractivity contribution in [1.29, 1.82) is 0 Å². The van der Waals surface area contributed by atoms with Gasteiger partial charge in [0.1, 0.15) is 5.82 Å². The Hall–Kier alpha value is -3.42. The lowest BCUT2D eigenvalue weighted by Crippen LogP contribution is -2.20. The van der Waals surface area contributed by atoms with Crippen molar-refractivity contribution in [3.05, 3.63) is 54.3 Å². The van der Waals surface area contributed by atoms with Crippen molar-refractivity contribution in [2.45, 2.75) is 0 Å². The average molecular weight is 343 g/mol. The molecule has 0 unspecified atom stereocenters. The van der Waals surface area contributed by atoms with Crippen LogP contribution in [0.15, 0.2) is 53.2 Å². The van der Waals surface area contributed by atoms with Crippen LogP contribution >= 0.6 is 0 Å². The summed E-state index contributed by atoms with van der Waals surface area (Å²) in [7, 11) is 1.51. The highest BCUT2D eigenvalue weighted by Crippen LogP contribution is 2.26. The molecule has 0 fully saturated rings. The number of para-hydroxylation sites is 2. The molecule has 0 radical (unpaired) electrons. The van der Waals surface area contributed by atoms with Crippen LogP contribution in [0.4, 0.5) is 10.2 Å². The van der Waals surface area contributed by atoms with Crippen molar-refractivity contribution in [3.8, 4) is 22.8 Å². The summed E-state index contributed by atoms with van der Waals surface area (Å²) in [6.45, 7) is -0.254. The zero-order valence-corrected chi connectivity index (χ0v) is 13.2. The summed E-state index contributed by atoms with van der Waals surface area (Å²) in [5, 5.41) is 9.93. The summed E-state index contributed by atoms with van der Waals surface area (Å²) < 4.78 is 28.2. The fourth-order valence-corrected chi connectivity index (χ4v) is 2.12. The Kier molecular flexibility index (Phi) is 4.89. The highest BCUT2D eigenvalue weighted by molar-refractivity contribution is 5.94. The van der Waals surface area contributed by atoms with Gasteiger partial charge in [0.15, 0.2) is 23.8 Å². The molecule has 0 bridgehead atoms. The lowest BCUT2D eigenvalue weighted by atomic mass is 10.1. The number of anilines is 1. The lowest BCUT2D eigenvalue weighted by Gasteiger charge is -2.09. The van der Waals surface area contributed by atoms with Gasteiger partial charge in [-0.05, 0) is 46.7 Å². The summed E-state index contributed by atoms with van der Waals surface area (Å²) in [6.07, 6.45) is 0. The van der Waals surface area contributed by atoms with Crippen LogP contribution in [-0.2, 0) is 4.79 Å². The van der Waals surface area contributed by atoms with Gasteiger partial charge in [-0.15, -0.1) is 0 Å².